The van der Waals surface area contributed by atoms with Crippen LogP contribution in [0.15, 0.2) is 65.3 Å². The zero-order valence-electron chi connectivity index (χ0n) is 25.8. The van der Waals surface area contributed by atoms with E-state index >= 15 is 0 Å². The van der Waals surface area contributed by atoms with Gasteiger partial charge in [-0.05, 0) is 97.8 Å². The van der Waals surface area contributed by atoms with Crippen LogP contribution in [0.4, 0.5) is 11.5 Å². The van der Waals surface area contributed by atoms with Crippen LogP contribution in [0.1, 0.15) is 51.8 Å². The zero-order valence-corrected chi connectivity index (χ0v) is 25.8. The van der Waals surface area contributed by atoms with Gasteiger partial charge in [0.15, 0.2) is 5.82 Å². The largest absolute Gasteiger partial charge is 0.371 e. The van der Waals surface area contributed by atoms with E-state index in [1.165, 1.54) is 6.42 Å². The normalized spacial score (nSPS) is 15.1. The quantitative estimate of drug-likeness (QED) is 0.190. The molecule has 45 heavy (non-hydrogen) atoms. The molecule has 6 aromatic rings. The highest BCUT2D eigenvalue weighted by atomic mass is 16.5. The summed E-state index contributed by atoms with van der Waals surface area (Å²) in [6.45, 7) is 11.5. The second-order valence-electron chi connectivity index (χ2n) is 12.0. The summed E-state index contributed by atoms with van der Waals surface area (Å²) < 4.78 is 7.64. The van der Waals surface area contributed by atoms with Gasteiger partial charge in [0.25, 0.3) is 0 Å². The van der Waals surface area contributed by atoms with Gasteiger partial charge in [-0.3, -0.25) is 14.7 Å². The lowest BCUT2D eigenvalue weighted by molar-refractivity contribution is 0.112. The third kappa shape index (κ3) is 5.13. The summed E-state index contributed by atoms with van der Waals surface area (Å²) in [6, 6.07) is 19.8. The minimum atomic E-state index is 0.341. The first-order valence-electron chi connectivity index (χ1n) is 15.2. The Balaban J connectivity index is 1.22. The molecule has 0 aliphatic carbocycles. The summed E-state index contributed by atoms with van der Waals surface area (Å²) in [4.78, 5) is 28.3. The lowest BCUT2D eigenvalue weighted by Crippen LogP contribution is -2.19. The summed E-state index contributed by atoms with van der Waals surface area (Å²) in [7, 11) is 0. The minimum Gasteiger partial charge on any atom is -0.371 e. The van der Waals surface area contributed by atoms with Crippen LogP contribution in [0.3, 0.4) is 0 Å². The molecule has 1 atom stereocenters. The van der Waals surface area contributed by atoms with Crippen LogP contribution in [0.2, 0.25) is 0 Å². The number of nitrogens with one attached hydrogen (secondary N) is 1. The molecule has 0 saturated carbocycles. The molecule has 0 amide bonds. The van der Waals surface area contributed by atoms with E-state index in [0.29, 0.717) is 33.9 Å². The highest BCUT2D eigenvalue weighted by molar-refractivity contribution is 5.91. The minimum absolute atomic E-state index is 0.341. The molecule has 3 aromatic carbocycles. The molecule has 9 heteroatoms. The Labute approximate surface area is 261 Å². The average molecular weight is 596 g/mol. The molecule has 1 saturated heterocycles. The molecule has 0 bridgehead atoms. The predicted molar refractivity (Wildman–Crippen MR) is 175 cm³/mol. The molecule has 224 valence electrons. The number of likely N-dealkylation sites (tertiary alicyclic amines) is 1. The molecule has 3 aromatic heterocycles. The molecule has 4 heterocycles. The van der Waals surface area contributed by atoms with Crippen LogP contribution in [0.25, 0.3) is 38.9 Å². The fourth-order valence-corrected chi connectivity index (χ4v) is 6.42. The first-order valence-corrected chi connectivity index (χ1v) is 15.2. The molecular weight excluding hydrogens is 562 g/mol. The molecule has 1 fully saturated rings. The maximum absolute atomic E-state index is 11.5. The van der Waals surface area contributed by atoms with Gasteiger partial charge >= 0.3 is 0 Å². The first kappa shape index (κ1) is 28.4. The maximum Gasteiger partial charge on any atom is 0.200 e. The molecule has 9 nitrogen and oxygen atoms in total. The maximum atomic E-state index is 11.5. The number of carbonyl (C=O) groups excluding carboxylic acids is 1. The molecule has 1 aliphatic heterocycles. The number of pyridine rings is 1. The Morgan fingerprint density at radius 2 is 1.87 bits per heavy atom. The third-order valence-electron chi connectivity index (χ3n) is 8.77. The van der Waals surface area contributed by atoms with Crippen molar-refractivity contribution in [3.63, 3.8) is 0 Å². The summed E-state index contributed by atoms with van der Waals surface area (Å²) in [5.41, 5.74) is 10.6. The second-order valence-corrected chi connectivity index (χ2v) is 12.0. The lowest BCUT2D eigenvalue weighted by atomic mass is 9.94. The van der Waals surface area contributed by atoms with E-state index in [1.807, 2.05) is 44.3 Å². The fourth-order valence-electron chi connectivity index (χ4n) is 6.42. The summed E-state index contributed by atoms with van der Waals surface area (Å²) in [5.74, 6) is 2.09. The van der Waals surface area contributed by atoms with Crippen LogP contribution < -0.4 is 5.32 Å². The van der Waals surface area contributed by atoms with Crippen molar-refractivity contribution in [2.24, 2.45) is 5.92 Å². The first-order chi connectivity index (χ1) is 21.8. The number of hydrogen-bond donors (Lipinski definition) is 1. The topological polar surface area (TPSA) is 113 Å². The van der Waals surface area contributed by atoms with Gasteiger partial charge in [0.05, 0.1) is 11.2 Å². The Morgan fingerprint density at radius 3 is 2.62 bits per heavy atom. The number of carbonyl (C=O) groups is 1. The number of benzene rings is 3. The van der Waals surface area contributed by atoms with Crippen molar-refractivity contribution in [2.45, 2.75) is 40.7 Å². The molecule has 1 N–H and O–H groups in total. The van der Waals surface area contributed by atoms with Crippen molar-refractivity contribution < 1.29 is 9.32 Å². The second kappa shape index (κ2) is 11.3. The highest BCUT2D eigenvalue weighted by Crippen LogP contribution is 2.37. The molecule has 7 rings (SSSR count). The number of aldehydes is 1. The van der Waals surface area contributed by atoms with Crippen LogP contribution in [-0.2, 0) is 6.54 Å². The van der Waals surface area contributed by atoms with E-state index in [9.17, 15) is 10.1 Å². The SMILES string of the molecule is Cc1nc(Nc2cccc(-c3cccc(-n4oc5c(C#N)cc(C=O)cc54)c3C)c2C)c2ncc(CN3CCC(C)C3)cc2n1. The van der Waals surface area contributed by atoms with Crippen molar-refractivity contribution in [1.29, 1.82) is 5.26 Å². The van der Waals surface area contributed by atoms with E-state index in [0.717, 1.165) is 82.1 Å². The number of nitrogens with zero attached hydrogens (tertiary/aromatic N) is 6. The van der Waals surface area contributed by atoms with E-state index in [-0.39, 0.29) is 0 Å². The monoisotopic (exact) mass is 595 g/mol. The Bertz CT molecular complexity index is 2150. The number of rotatable bonds is 7. The van der Waals surface area contributed by atoms with Crippen LogP contribution in [0, 0.1) is 38.0 Å². The van der Waals surface area contributed by atoms with Gasteiger partial charge in [0.1, 0.15) is 34.8 Å². The van der Waals surface area contributed by atoms with Crippen molar-refractivity contribution in [1.82, 2.24) is 24.6 Å². The number of anilines is 2. The van der Waals surface area contributed by atoms with Crippen molar-refractivity contribution >= 4 is 39.9 Å². The molecule has 0 spiro atoms. The van der Waals surface area contributed by atoms with Crippen molar-refractivity contribution in [2.75, 3.05) is 18.4 Å². The lowest BCUT2D eigenvalue weighted by Gasteiger charge is -2.20. The van der Waals surface area contributed by atoms with E-state index in [1.54, 1.807) is 16.9 Å². The number of fused-ring (bicyclic) bond motifs is 2. The van der Waals surface area contributed by atoms with Gasteiger partial charge in [-0.15, -0.1) is 0 Å². The fraction of sp³-hybridized carbons (Fsp3) is 0.250. The standard InChI is InChI=1S/C36H33N7O2/c1-21-11-12-42(18-21)19-26-14-31-34(38-17-26)36(40-24(4)39-31)41-30-9-5-7-28(22(30)2)29-8-6-10-32(23(29)3)43-33-15-25(20-44)13-27(16-37)35(33)45-43/h5-10,13-15,17,20-21H,11-12,18-19H2,1-4H3,(H,39,40,41). The number of aryl methyl sites for hydroxylation is 1. The van der Waals surface area contributed by atoms with Gasteiger partial charge in [0, 0.05) is 30.5 Å². The van der Waals surface area contributed by atoms with Gasteiger partial charge in [-0.25, -0.2) is 9.97 Å². The summed E-state index contributed by atoms with van der Waals surface area (Å²) in [5, 5.41) is 13.1. The number of aromatic nitrogens is 4. The Hall–Kier alpha value is -5.33. The Kier molecular flexibility index (Phi) is 7.15. The van der Waals surface area contributed by atoms with E-state index in [4.69, 9.17) is 19.5 Å². The molecular formula is C36H33N7O2. The highest BCUT2D eigenvalue weighted by Gasteiger charge is 2.21. The van der Waals surface area contributed by atoms with Gasteiger partial charge in [0.2, 0.25) is 5.58 Å². The predicted octanol–water partition coefficient (Wildman–Crippen LogP) is 7.42. The van der Waals surface area contributed by atoms with E-state index in [2.05, 4.69) is 48.3 Å². The Morgan fingerprint density at radius 1 is 1.07 bits per heavy atom. The molecule has 0 radical (unpaired) electrons. The van der Waals surface area contributed by atoms with Crippen LogP contribution in [0.5, 0.6) is 0 Å². The molecule has 1 aliphatic rings. The van der Waals surface area contributed by atoms with Crippen LogP contribution in [-0.4, -0.2) is 44.0 Å². The average Bonchev–Trinajstić information content (AvgIpc) is 3.43. The van der Waals surface area contributed by atoms with E-state index < -0.39 is 0 Å². The van der Waals surface area contributed by atoms with Gasteiger partial charge in [-0.1, -0.05) is 31.2 Å². The van der Waals surface area contributed by atoms with Crippen LogP contribution >= 0.6 is 0 Å². The summed E-state index contributed by atoms with van der Waals surface area (Å²) in [6.07, 6.45) is 3.93. The van der Waals surface area contributed by atoms with Crippen molar-refractivity contribution in [3.05, 3.63) is 94.4 Å². The van der Waals surface area contributed by atoms with Gasteiger partial charge < -0.3 is 9.84 Å². The molecule has 1 unspecified atom stereocenters. The third-order valence-corrected chi connectivity index (χ3v) is 8.77. The number of nitriles is 1. The number of hydrogen-bond acceptors (Lipinski definition) is 8. The summed E-state index contributed by atoms with van der Waals surface area (Å²) >= 11 is 0. The van der Waals surface area contributed by atoms with Crippen molar-refractivity contribution in [3.8, 4) is 22.9 Å². The van der Waals surface area contributed by atoms with Gasteiger partial charge in [-0.2, -0.15) is 10.0 Å². The smallest absolute Gasteiger partial charge is 0.200 e. The zero-order chi connectivity index (χ0) is 31.2.